The van der Waals surface area contributed by atoms with E-state index in [1.54, 1.807) is 12.1 Å². The maximum Gasteiger partial charge on any atom is 0.324 e. The lowest BCUT2D eigenvalue weighted by molar-refractivity contribution is -0.139. The van der Waals surface area contributed by atoms with Gasteiger partial charge in [-0.3, -0.25) is 9.59 Å². The smallest absolute Gasteiger partial charge is 0.324 e. The van der Waals surface area contributed by atoms with Crippen LogP contribution in [-0.4, -0.2) is 32.9 Å². The molecule has 0 radical (unpaired) electrons. The molecule has 0 bridgehead atoms. The third-order valence-corrected chi connectivity index (χ3v) is 4.84. The summed E-state index contributed by atoms with van der Waals surface area (Å²) in [6.45, 7) is 0.227. The van der Waals surface area contributed by atoms with Crippen LogP contribution in [0.3, 0.4) is 0 Å². The van der Waals surface area contributed by atoms with Crippen LogP contribution in [0.5, 0.6) is 0 Å². The Labute approximate surface area is 128 Å². The first-order chi connectivity index (χ1) is 10.4. The van der Waals surface area contributed by atoms with Crippen LogP contribution in [0.1, 0.15) is 24.8 Å². The van der Waals surface area contributed by atoms with Gasteiger partial charge in [0, 0.05) is 12.8 Å². The van der Waals surface area contributed by atoms with Crippen molar-refractivity contribution >= 4 is 21.9 Å². The van der Waals surface area contributed by atoms with Gasteiger partial charge in [-0.15, -0.1) is 0 Å². The molecule has 0 aromatic heterocycles. The maximum absolute atomic E-state index is 12.2. The summed E-state index contributed by atoms with van der Waals surface area (Å²) in [5.74, 6) is -0.904. The molecule has 22 heavy (non-hydrogen) atoms. The number of ether oxygens (including phenoxy) is 1. The summed E-state index contributed by atoms with van der Waals surface area (Å²) in [6.07, 6.45) is 1.90. The van der Waals surface area contributed by atoms with Gasteiger partial charge in [0.25, 0.3) is 0 Å². The van der Waals surface area contributed by atoms with Gasteiger partial charge >= 0.3 is 5.97 Å². The number of carbonyl (C=O) groups excluding carboxylic acids is 2. The molecule has 0 aliphatic carbocycles. The van der Waals surface area contributed by atoms with Gasteiger partial charge in [0.05, 0.1) is 11.5 Å². The maximum atomic E-state index is 12.2. The zero-order chi connectivity index (χ0) is 16.2. The van der Waals surface area contributed by atoms with Crippen molar-refractivity contribution in [3.8, 4) is 0 Å². The van der Waals surface area contributed by atoms with Crippen LogP contribution in [0.25, 0.3) is 0 Å². The minimum atomic E-state index is -3.75. The number of hydrogen-bond donors (Lipinski definition) is 2. The summed E-state index contributed by atoms with van der Waals surface area (Å²) in [4.78, 5) is 22.1. The molecule has 8 heteroatoms. The molecule has 0 saturated carbocycles. The van der Waals surface area contributed by atoms with Crippen LogP contribution < -0.4 is 10.5 Å². The van der Waals surface area contributed by atoms with Crippen molar-refractivity contribution in [2.45, 2.75) is 36.6 Å². The Kier molecular flexibility index (Phi) is 5.15. The van der Waals surface area contributed by atoms with Gasteiger partial charge in [0.2, 0.25) is 15.9 Å². The van der Waals surface area contributed by atoms with Crippen molar-refractivity contribution in [1.82, 2.24) is 4.72 Å². The number of hydrogen-bond acceptors (Lipinski definition) is 5. The molecule has 1 amide bonds. The van der Waals surface area contributed by atoms with Gasteiger partial charge < -0.3 is 10.5 Å². The van der Waals surface area contributed by atoms with E-state index in [2.05, 4.69) is 4.72 Å². The molecule has 0 spiro atoms. The average molecular weight is 326 g/mol. The van der Waals surface area contributed by atoms with E-state index in [1.165, 1.54) is 12.1 Å². The second-order valence-corrected chi connectivity index (χ2v) is 6.81. The normalized spacial score (nSPS) is 18.2. The molecular formula is C14H18N2O5S. The Morgan fingerprint density at radius 1 is 1.32 bits per heavy atom. The molecule has 1 aliphatic heterocycles. The highest BCUT2D eigenvalue weighted by atomic mass is 32.2. The van der Waals surface area contributed by atoms with Gasteiger partial charge in [0.1, 0.15) is 6.04 Å². The van der Waals surface area contributed by atoms with E-state index < -0.39 is 22.0 Å². The van der Waals surface area contributed by atoms with Gasteiger partial charge in [-0.2, -0.15) is 4.72 Å². The summed E-state index contributed by atoms with van der Waals surface area (Å²) in [5.41, 5.74) is 5.98. The Balaban J connectivity index is 1.99. The molecule has 1 aliphatic rings. The Bertz CT molecular complexity index is 654. The van der Waals surface area contributed by atoms with E-state index in [4.69, 9.17) is 10.5 Å². The molecule has 1 atom stereocenters. The van der Waals surface area contributed by atoms with Crippen LogP contribution in [0.2, 0.25) is 0 Å². The lowest BCUT2D eigenvalue weighted by atomic mass is 10.1. The molecule has 2 rings (SSSR count). The van der Waals surface area contributed by atoms with Gasteiger partial charge in [0.15, 0.2) is 0 Å². The fourth-order valence-corrected chi connectivity index (χ4v) is 3.38. The average Bonchev–Trinajstić information content (AvgIpc) is 2.84. The van der Waals surface area contributed by atoms with E-state index in [0.717, 1.165) is 5.56 Å². The lowest BCUT2D eigenvalue weighted by Crippen LogP contribution is -2.37. The van der Waals surface area contributed by atoms with Gasteiger partial charge in [-0.1, -0.05) is 12.1 Å². The topological polar surface area (TPSA) is 116 Å². The van der Waals surface area contributed by atoms with Crippen molar-refractivity contribution in [3.63, 3.8) is 0 Å². The molecule has 1 heterocycles. The minimum absolute atomic E-state index is 0.0888. The molecule has 0 unspecified atom stereocenters. The van der Waals surface area contributed by atoms with E-state index in [1.807, 2.05) is 0 Å². The Morgan fingerprint density at radius 2 is 2.00 bits per heavy atom. The molecule has 7 nitrogen and oxygen atoms in total. The summed E-state index contributed by atoms with van der Waals surface area (Å²) in [7, 11) is -3.75. The number of nitrogens with one attached hydrogen (secondary N) is 1. The van der Waals surface area contributed by atoms with Crippen LogP contribution in [0.15, 0.2) is 29.2 Å². The number of nitrogens with two attached hydrogens (primary N) is 1. The summed E-state index contributed by atoms with van der Waals surface area (Å²) in [6, 6.07) is 5.50. The van der Waals surface area contributed by atoms with Crippen molar-refractivity contribution in [1.29, 1.82) is 0 Å². The minimum Gasteiger partial charge on any atom is -0.464 e. The quantitative estimate of drug-likeness (QED) is 0.689. The fraction of sp³-hybridized carbons (Fsp3) is 0.429. The number of esters is 1. The van der Waals surface area contributed by atoms with Crippen LogP contribution in [-0.2, 0) is 30.8 Å². The van der Waals surface area contributed by atoms with Crippen LogP contribution in [0, 0.1) is 0 Å². The number of primary amides is 1. The molecule has 1 saturated heterocycles. The summed E-state index contributed by atoms with van der Waals surface area (Å²) >= 11 is 0. The number of amides is 1. The first-order valence-corrected chi connectivity index (χ1v) is 8.43. The van der Waals surface area contributed by atoms with E-state index in [-0.39, 0.29) is 17.4 Å². The number of carbonyl (C=O) groups is 2. The van der Waals surface area contributed by atoms with Crippen LogP contribution >= 0.6 is 0 Å². The predicted molar refractivity (Wildman–Crippen MR) is 78.3 cm³/mol. The molecule has 3 N–H and O–H groups in total. The highest BCUT2D eigenvalue weighted by Crippen LogP contribution is 2.15. The summed E-state index contributed by atoms with van der Waals surface area (Å²) in [5, 5.41) is 0. The van der Waals surface area contributed by atoms with Crippen LogP contribution in [0.4, 0.5) is 0 Å². The standard InChI is InChI=1S/C14H18N2O5S/c15-13(17)3-1-2-10-4-6-11(7-5-10)22(19,20)16-12-8-9-21-14(12)18/h4-7,12,16H,1-3,8-9H2,(H2,15,17)/t12-/m0/s1. The van der Waals surface area contributed by atoms with Crippen molar-refractivity contribution in [2.24, 2.45) is 5.73 Å². The van der Waals surface area contributed by atoms with Crippen molar-refractivity contribution in [3.05, 3.63) is 29.8 Å². The largest absolute Gasteiger partial charge is 0.464 e. The number of sulfonamides is 1. The van der Waals surface area contributed by atoms with E-state index in [0.29, 0.717) is 25.7 Å². The molecule has 1 fully saturated rings. The van der Waals surface area contributed by atoms with E-state index in [9.17, 15) is 18.0 Å². The second-order valence-electron chi connectivity index (χ2n) is 5.09. The third kappa shape index (κ3) is 4.28. The third-order valence-electron chi connectivity index (χ3n) is 3.36. The highest BCUT2D eigenvalue weighted by molar-refractivity contribution is 7.89. The zero-order valence-electron chi connectivity index (χ0n) is 11.9. The zero-order valence-corrected chi connectivity index (χ0v) is 12.8. The molecule has 1 aromatic rings. The summed E-state index contributed by atoms with van der Waals surface area (Å²) < 4.78 is 31.4. The Hall–Kier alpha value is -1.93. The predicted octanol–water partition coefficient (Wildman–Crippen LogP) is 0.0884. The van der Waals surface area contributed by atoms with Gasteiger partial charge in [-0.25, -0.2) is 8.42 Å². The molecule has 120 valence electrons. The number of cyclic esters (lactones) is 1. The Morgan fingerprint density at radius 3 is 2.55 bits per heavy atom. The monoisotopic (exact) mass is 326 g/mol. The fourth-order valence-electron chi connectivity index (χ4n) is 2.16. The highest BCUT2D eigenvalue weighted by Gasteiger charge is 2.31. The van der Waals surface area contributed by atoms with Crippen molar-refractivity contribution < 1.29 is 22.7 Å². The first kappa shape index (κ1) is 16.4. The molecule has 1 aromatic carbocycles. The number of rotatable bonds is 7. The first-order valence-electron chi connectivity index (χ1n) is 6.95. The second kappa shape index (κ2) is 6.89. The van der Waals surface area contributed by atoms with Gasteiger partial charge in [-0.05, 0) is 30.5 Å². The van der Waals surface area contributed by atoms with E-state index >= 15 is 0 Å². The lowest BCUT2D eigenvalue weighted by Gasteiger charge is -2.10. The number of benzene rings is 1. The SMILES string of the molecule is NC(=O)CCCc1ccc(S(=O)(=O)N[C@H]2CCOC2=O)cc1. The van der Waals surface area contributed by atoms with Crippen molar-refractivity contribution in [2.75, 3.05) is 6.61 Å². The number of aryl methyl sites for hydroxylation is 1. The molecular weight excluding hydrogens is 308 g/mol.